The molecular weight excluding hydrogens is 140 g/mol. The van der Waals surface area contributed by atoms with Crippen molar-refractivity contribution in [2.24, 2.45) is 0 Å². The molecule has 0 saturated heterocycles. The van der Waals surface area contributed by atoms with Crippen LogP contribution in [0.3, 0.4) is 0 Å². The highest BCUT2D eigenvalue weighted by molar-refractivity contribution is 5.35. The third-order valence-corrected chi connectivity index (χ3v) is 2.04. The van der Waals surface area contributed by atoms with Gasteiger partial charge in [0.05, 0.1) is 19.8 Å². The Morgan fingerprint density at radius 1 is 1.36 bits per heavy atom. The second-order valence-corrected chi connectivity index (χ2v) is 2.71. The molecule has 1 aromatic rings. The van der Waals surface area contributed by atoms with Gasteiger partial charge in [0, 0.05) is 0 Å². The number of ether oxygens (including phenoxy) is 1. The highest BCUT2D eigenvalue weighted by Crippen LogP contribution is 2.22. The van der Waals surface area contributed by atoms with Crippen molar-refractivity contribution in [3.63, 3.8) is 0 Å². The molecule has 0 amide bonds. The first-order valence-corrected chi connectivity index (χ1v) is 3.70. The molecule has 0 radical (unpaired) electrons. The van der Waals surface area contributed by atoms with Gasteiger partial charge in [0.15, 0.2) is 0 Å². The molecule has 1 aromatic carbocycles. The third kappa shape index (κ3) is 1.04. The Kier molecular flexibility index (Phi) is 1.64. The van der Waals surface area contributed by atoms with E-state index in [0.29, 0.717) is 13.2 Å². The van der Waals surface area contributed by atoms with Crippen LogP contribution in [0.2, 0.25) is 0 Å². The summed E-state index contributed by atoms with van der Waals surface area (Å²) in [5, 5.41) is 8.95. The van der Waals surface area contributed by atoms with Crippen LogP contribution < -0.4 is 0 Å². The van der Waals surface area contributed by atoms with Crippen LogP contribution in [0.5, 0.6) is 0 Å². The van der Waals surface area contributed by atoms with Crippen LogP contribution in [0, 0.1) is 0 Å². The van der Waals surface area contributed by atoms with E-state index in [1.165, 1.54) is 11.1 Å². The lowest BCUT2D eigenvalue weighted by Crippen LogP contribution is -1.91. The van der Waals surface area contributed by atoms with E-state index in [4.69, 9.17) is 9.84 Å². The molecule has 1 aliphatic rings. The number of hydrogen-bond acceptors (Lipinski definition) is 2. The van der Waals surface area contributed by atoms with Gasteiger partial charge in [0.25, 0.3) is 0 Å². The summed E-state index contributed by atoms with van der Waals surface area (Å²) in [6.45, 7) is 1.47. The van der Waals surface area contributed by atoms with Gasteiger partial charge in [-0.05, 0) is 16.7 Å². The van der Waals surface area contributed by atoms with Gasteiger partial charge in [-0.2, -0.15) is 0 Å². The van der Waals surface area contributed by atoms with Crippen molar-refractivity contribution in [1.82, 2.24) is 0 Å². The van der Waals surface area contributed by atoms with E-state index in [9.17, 15) is 0 Å². The van der Waals surface area contributed by atoms with E-state index in [1.54, 1.807) is 0 Å². The van der Waals surface area contributed by atoms with E-state index in [-0.39, 0.29) is 6.61 Å². The van der Waals surface area contributed by atoms with Gasteiger partial charge in [-0.25, -0.2) is 0 Å². The zero-order valence-corrected chi connectivity index (χ0v) is 6.21. The number of hydrogen-bond donors (Lipinski definition) is 1. The average Bonchev–Trinajstić information content (AvgIpc) is 2.50. The summed E-state index contributed by atoms with van der Waals surface area (Å²) >= 11 is 0. The SMILES string of the molecule is OCc1cccc2c1COC2. The monoisotopic (exact) mass is 150 g/mol. The molecule has 0 unspecified atom stereocenters. The minimum absolute atomic E-state index is 0.118. The van der Waals surface area contributed by atoms with Crippen LogP contribution in [0.15, 0.2) is 18.2 Å². The largest absolute Gasteiger partial charge is 0.392 e. The second kappa shape index (κ2) is 2.64. The summed E-state index contributed by atoms with van der Waals surface area (Å²) in [4.78, 5) is 0. The molecule has 2 rings (SSSR count). The lowest BCUT2D eigenvalue weighted by Gasteiger charge is -2.01. The summed E-state index contributed by atoms with van der Waals surface area (Å²) in [6.07, 6.45) is 0. The Labute approximate surface area is 65.4 Å². The topological polar surface area (TPSA) is 29.5 Å². The molecule has 1 heterocycles. The summed E-state index contributed by atoms with van der Waals surface area (Å²) in [6, 6.07) is 5.94. The predicted molar refractivity (Wildman–Crippen MR) is 40.9 cm³/mol. The van der Waals surface area contributed by atoms with Gasteiger partial charge in [-0.1, -0.05) is 18.2 Å². The van der Waals surface area contributed by atoms with E-state index in [0.717, 1.165) is 5.56 Å². The van der Waals surface area contributed by atoms with Crippen LogP contribution in [0.1, 0.15) is 16.7 Å². The first kappa shape index (κ1) is 6.83. The van der Waals surface area contributed by atoms with Crippen LogP contribution in [0.25, 0.3) is 0 Å². The van der Waals surface area contributed by atoms with Crippen molar-refractivity contribution < 1.29 is 9.84 Å². The third-order valence-electron chi connectivity index (χ3n) is 2.04. The molecule has 0 aliphatic carbocycles. The molecule has 0 aromatic heterocycles. The van der Waals surface area contributed by atoms with Gasteiger partial charge in [0.2, 0.25) is 0 Å². The fourth-order valence-corrected chi connectivity index (χ4v) is 1.42. The van der Waals surface area contributed by atoms with Gasteiger partial charge in [0.1, 0.15) is 0 Å². The lowest BCUT2D eigenvalue weighted by atomic mass is 10.0. The molecule has 58 valence electrons. The van der Waals surface area contributed by atoms with E-state index < -0.39 is 0 Å². The van der Waals surface area contributed by atoms with Crippen molar-refractivity contribution in [1.29, 1.82) is 0 Å². The van der Waals surface area contributed by atoms with Gasteiger partial charge < -0.3 is 9.84 Å². The van der Waals surface area contributed by atoms with Crippen molar-refractivity contribution >= 4 is 0 Å². The molecule has 1 aliphatic heterocycles. The van der Waals surface area contributed by atoms with Crippen LogP contribution >= 0.6 is 0 Å². The predicted octanol–water partition coefficient (Wildman–Crippen LogP) is 1.21. The van der Waals surface area contributed by atoms with Crippen molar-refractivity contribution in [2.75, 3.05) is 0 Å². The molecule has 0 fully saturated rings. The minimum Gasteiger partial charge on any atom is -0.392 e. The first-order valence-electron chi connectivity index (χ1n) is 3.70. The van der Waals surface area contributed by atoms with Crippen LogP contribution in [-0.2, 0) is 24.6 Å². The van der Waals surface area contributed by atoms with E-state index in [2.05, 4.69) is 0 Å². The fourth-order valence-electron chi connectivity index (χ4n) is 1.42. The molecule has 2 nitrogen and oxygen atoms in total. The zero-order chi connectivity index (χ0) is 7.68. The average molecular weight is 150 g/mol. The molecule has 2 heteroatoms. The van der Waals surface area contributed by atoms with Gasteiger partial charge in [-0.15, -0.1) is 0 Å². The van der Waals surface area contributed by atoms with Crippen molar-refractivity contribution in [2.45, 2.75) is 19.8 Å². The minimum atomic E-state index is 0.118. The van der Waals surface area contributed by atoms with Gasteiger partial charge in [-0.3, -0.25) is 0 Å². The standard InChI is InChI=1S/C9H10O2/c10-4-7-2-1-3-8-5-11-6-9(7)8/h1-3,10H,4-6H2. The van der Waals surface area contributed by atoms with Crippen LogP contribution in [-0.4, -0.2) is 5.11 Å². The summed E-state index contributed by atoms with van der Waals surface area (Å²) in [5.74, 6) is 0. The lowest BCUT2D eigenvalue weighted by molar-refractivity contribution is 0.133. The van der Waals surface area contributed by atoms with Crippen LogP contribution in [0.4, 0.5) is 0 Å². The fraction of sp³-hybridized carbons (Fsp3) is 0.333. The first-order chi connectivity index (χ1) is 5.42. The van der Waals surface area contributed by atoms with Gasteiger partial charge >= 0.3 is 0 Å². The Bertz CT molecular complexity index is 268. The Hall–Kier alpha value is -0.860. The maximum absolute atomic E-state index is 8.95. The Morgan fingerprint density at radius 3 is 3.09 bits per heavy atom. The highest BCUT2D eigenvalue weighted by atomic mass is 16.5. The summed E-state index contributed by atoms with van der Waals surface area (Å²) in [7, 11) is 0. The van der Waals surface area contributed by atoms with E-state index in [1.807, 2.05) is 18.2 Å². The number of aliphatic hydroxyl groups is 1. The number of fused-ring (bicyclic) bond motifs is 1. The molecule has 0 saturated carbocycles. The number of rotatable bonds is 1. The molecule has 1 N–H and O–H groups in total. The highest BCUT2D eigenvalue weighted by Gasteiger charge is 2.13. The van der Waals surface area contributed by atoms with E-state index >= 15 is 0 Å². The maximum Gasteiger partial charge on any atom is 0.0728 e. The second-order valence-electron chi connectivity index (χ2n) is 2.71. The molecule has 0 spiro atoms. The molecule has 0 bridgehead atoms. The summed E-state index contributed by atoms with van der Waals surface area (Å²) < 4.78 is 5.25. The zero-order valence-electron chi connectivity index (χ0n) is 6.21. The Morgan fingerprint density at radius 2 is 2.27 bits per heavy atom. The number of benzene rings is 1. The van der Waals surface area contributed by atoms with Crippen molar-refractivity contribution in [3.8, 4) is 0 Å². The normalized spacial score (nSPS) is 15.0. The summed E-state index contributed by atoms with van der Waals surface area (Å²) in [5.41, 5.74) is 3.39. The smallest absolute Gasteiger partial charge is 0.0728 e. The Balaban J connectivity index is 2.50. The molecular formula is C9H10O2. The molecule has 0 atom stereocenters. The quantitative estimate of drug-likeness (QED) is 0.652. The molecule has 11 heavy (non-hydrogen) atoms. The van der Waals surface area contributed by atoms with Crippen molar-refractivity contribution in [3.05, 3.63) is 34.9 Å². The number of aliphatic hydroxyl groups excluding tert-OH is 1. The maximum atomic E-state index is 8.95.